The molecule has 33 heavy (non-hydrogen) atoms. The van der Waals surface area contributed by atoms with Gasteiger partial charge in [-0.2, -0.15) is 40.4 Å². The van der Waals surface area contributed by atoms with Crippen molar-refractivity contribution in [3.8, 4) is 6.07 Å². The fourth-order valence-corrected chi connectivity index (χ4v) is 3.60. The van der Waals surface area contributed by atoms with Crippen LogP contribution in [-0.4, -0.2) is 30.4 Å². The largest absolute Gasteiger partial charge is 0.457 e. The van der Waals surface area contributed by atoms with Crippen LogP contribution in [0.5, 0.6) is 0 Å². The normalized spacial score (nSPS) is 14.4. The van der Waals surface area contributed by atoms with Gasteiger partial charge in [0.1, 0.15) is 0 Å². The van der Waals surface area contributed by atoms with E-state index in [2.05, 4.69) is 5.32 Å². The van der Waals surface area contributed by atoms with Crippen molar-refractivity contribution in [2.24, 2.45) is 0 Å². The van der Waals surface area contributed by atoms with E-state index in [0.29, 0.717) is 11.8 Å². The third-order valence-corrected chi connectivity index (χ3v) is 5.43. The zero-order valence-corrected chi connectivity index (χ0v) is 17.6. The summed E-state index contributed by atoms with van der Waals surface area (Å²) in [5.41, 5.74) is -8.54. The van der Waals surface area contributed by atoms with Gasteiger partial charge in [-0.3, -0.25) is 4.79 Å². The number of thioether (sulfide) groups is 1. The van der Waals surface area contributed by atoms with Gasteiger partial charge in [0.05, 0.1) is 22.3 Å². The summed E-state index contributed by atoms with van der Waals surface area (Å²) in [7, 11) is 0. The van der Waals surface area contributed by atoms with Crippen LogP contribution in [0.3, 0.4) is 0 Å². The van der Waals surface area contributed by atoms with Crippen LogP contribution in [0, 0.1) is 11.3 Å². The quantitative estimate of drug-likeness (QED) is 0.338. The Morgan fingerprint density at radius 2 is 1.52 bits per heavy atom. The average molecular weight is 521 g/mol. The first-order valence-electron chi connectivity index (χ1n) is 8.41. The molecular weight excluding hydrogens is 511 g/mol. The second kappa shape index (κ2) is 8.98. The SMILES string of the molecule is CSc1cc(C(F)(C(F)(F)F)C(F)(F)C(F)(F)F)cc(Cl)c1NC(=O)c1ccc(C#N)cc1. The fourth-order valence-electron chi connectivity index (χ4n) is 2.66. The van der Waals surface area contributed by atoms with E-state index in [1.807, 2.05) is 0 Å². The van der Waals surface area contributed by atoms with Crippen LogP contribution in [0.25, 0.3) is 0 Å². The minimum Gasteiger partial charge on any atom is -0.320 e. The van der Waals surface area contributed by atoms with Crippen LogP contribution in [0.4, 0.5) is 45.2 Å². The van der Waals surface area contributed by atoms with Crippen LogP contribution in [0.15, 0.2) is 41.3 Å². The molecule has 0 aliphatic carbocycles. The van der Waals surface area contributed by atoms with E-state index in [-0.39, 0.29) is 23.3 Å². The van der Waals surface area contributed by atoms with Gasteiger partial charge in [0.2, 0.25) is 0 Å². The third kappa shape index (κ3) is 4.72. The van der Waals surface area contributed by atoms with Crippen molar-refractivity contribution in [1.29, 1.82) is 5.26 Å². The summed E-state index contributed by atoms with van der Waals surface area (Å²) in [5, 5.41) is 10.0. The molecular formula is C19H10ClF9N2OS. The standard InChI is InChI=1S/C19H10ClF9N2OS/c1-33-13-7-11(16(21,18(24,25)26)17(22,23)19(27,28)29)6-12(20)14(13)31-15(32)10-4-2-9(8-30)3-5-10/h2-7H,1H3,(H,31,32). The molecule has 2 aromatic rings. The number of hydrogen-bond donors (Lipinski definition) is 1. The van der Waals surface area contributed by atoms with Gasteiger partial charge in [-0.1, -0.05) is 11.6 Å². The highest BCUT2D eigenvalue weighted by molar-refractivity contribution is 7.98. The number of benzene rings is 2. The number of alkyl halides is 9. The minimum atomic E-state index is -6.88. The lowest BCUT2D eigenvalue weighted by Gasteiger charge is -2.36. The van der Waals surface area contributed by atoms with Crippen molar-refractivity contribution in [2.75, 3.05) is 11.6 Å². The molecule has 0 heterocycles. The number of carbonyl (C=O) groups excluding carboxylic acids is 1. The summed E-state index contributed by atoms with van der Waals surface area (Å²) in [6.07, 6.45) is -12.4. The molecule has 0 aliphatic rings. The molecule has 2 aromatic carbocycles. The average Bonchev–Trinajstić information content (AvgIpc) is 2.72. The second-order valence-electron chi connectivity index (χ2n) is 6.41. The lowest BCUT2D eigenvalue weighted by molar-refractivity contribution is -0.389. The van der Waals surface area contributed by atoms with Gasteiger partial charge in [-0.05, 0) is 42.7 Å². The van der Waals surface area contributed by atoms with Crippen LogP contribution in [-0.2, 0) is 5.67 Å². The number of nitrogens with zero attached hydrogens (tertiary/aromatic N) is 1. The van der Waals surface area contributed by atoms with Gasteiger partial charge in [0.25, 0.3) is 5.91 Å². The molecule has 178 valence electrons. The number of nitrogens with one attached hydrogen (secondary N) is 1. The maximum absolute atomic E-state index is 14.8. The second-order valence-corrected chi connectivity index (χ2v) is 7.66. The maximum Gasteiger partial charge on any atom is 0.457 e. The van der Waals surface area contributed by atoms with E-state index in [1.54, 1.807) is 6.07 Å². The molecule has 14 heteroatoms. The first-order chi connectivity index (χ1) is 15.0. The molecule has 0 saturated carbocycles. The molecule has 1 atom stereocenters. The number of anilines is 1. The number of carbonyl (C=O) groups is 1. The van der Waals surface area contributed by atoms with E-state index in [4.69, 9.17) is 16.9 Å². The molecule has 0 bridgehead atoms. The predicted octanol–water partition coefficient (Wildman–Crippen LogP) is 7.11. The number of rotatable bonds is 5. The third-order valence-electron chi connectivity index (χ3n) is 4.37. The summed E-state index contributed by atoms with van der Waals surface area (Å²) < 4.78 is 120. The Morgan fingerprint density at radius 1 is 0.970 bits per heavy atom. The van der Waals surface area contributed by atoms with Crippen LogP contribution < -0.4 is 5.32 Å². The Morgan fingerprint density at radius 3 is 1.94 bits per heavy atom. The zero-order chi connectivity index (χ0) is 25.4. The number of halogens is 10. The van der Waals surface area contributed by atoms with Gasteiger partial charge >= 0.3 is 23.9 Å². The summed E-state index contributed by atoms with van der Waals surface area (Å²) in [4.78, 5) is 11.9. The topological polar surface area (TPSA) is 52.9 Å². The highest BCUT2D eigenvalue weighted by Crippen LogP contribution is 2.59. The van der Waals surface area contributed by atoms with Gasteiger partial charge in [-0.25, -0.2) is 4.39 Å². The number of amides is 1. The van der Waals surface area contributed by atoms with E-state index in [9.17, 15) is 44.3 Å². The van der Waals surface area contributed by atoms with Crippen LogP contribution in [0.2, 0.25) is 5.02 Å². The molecule has 0 aliphatic heterocycles. The molecule has 0 aromatic heterocycles. The molecule has 0 saturated heterocycles. The van der Waals surface area contributed by atoms with Gasteiger partial charge < -0.3 is 5.32 Å². The maximum atomic E-state index is 14.8. The summed E-state index contributed by atoms with van der Waals surface area (Å²) in [5.74, 6) is -7.75. The smallest absolute Gasteiger partial charge is 0.320 e. The first kappa shape index (κ1) is 26.7. The number of hydrogen-bond acceptors (Lipinski definition) is 3. The Labute approximate surface area is 189 Å². The lowest BCUT2D eigenvalue weighted by atomic mass is 9.87. The monoisotopic (exact) mass is 520 g/mol. The highest BCUT2D eigenvalue weighted by atomic mass is 35.5. The summed E-state index contributed by atoms with van der Waals surface area (Å²) >= 11 is 6.29. The first-order valence-corrected chi connectivity index (χ1v) is 10.0. The molecule has 2 rings (SSSR count). The number of nitriles is 1. The van der Waals surface area contributed by atoms with Crippen LogP contribution >= 0.6 is 23.4 Å². The molecule has 0 radical (unpaired) electrons. The van der Waals surface area contributed by atoms with Crippen molar-refractivity contribution >= 4 is 35.0 Å². The van der Waals surface area contributed by atoms with E-state index in [1.165, 1.54) is 30.5 Å². The molecule has 0 spiro atoms. The van der Waals surface area contributed by atoms with Crippen molar-refractivity contribution < 1.29 is 44.3 Å². The van der Waals surface area contributed by atoms with Gasteiger partial charge in [0.15, 0.2) is 0 Å². The molecule has 1 amide bonds. The van der Waals surface area contributed by atoms with E-state index in [0.717, 1.165) is 0 Å². The Bertz CT molecular complexity index is 1090. The summed E-state index contributed by atoms with van der Waals surface area (Å²) in [6, 6.07) is 6.84. The molecule has 1 N–H and O–H groups in total. The summed E-state index contributed by atoms with van der Waals surface area (Å²) in [6.45, 7) is 0. The van der Waals surface area contributed by atoms with Crippen LogP contribution in [0.1, 0.15) is 21.5 Å². The fraction of sp³-hybridized carbons (Fsp3) is 0.263. The van der Waals surface area contributed by atoms with Gasteiger partial charge in [-0.15, -0.1) is 11.8 Å². The van der Waals surface area contributed by atoms with Gasteiger partial charge in [0, 0.05) is 16.0 Å². The molecule has 3 nitrogen and oxygen atoms in total. The predicted molar refractivity (Wildman–Crippen MR) is 102 cm³/mol. The lowest BCUT2D eigenvalue weighted by Crippen LogP contribution is -2.59. The van der Waals surface area contributed by atoms with Crippen molar-refractivity contribution in [2.45, 2.75) is 28.8 Å². The minimum absolute atomic E-state index is 0.0417. The van der Waals surface area contributed by atoms with E-state index < -0.39 is 51.0 Å². The van der Waals surface area contributed by atoms with Crippen molar-refractivity contribution in [3.63, 3.8) is 0 Å². The highest BCUT2D eigenvalue weighted by Gasteiger charge is 2.81. The Hall–Kier alpha value is -2.59. The zero-order valence-electron chi connectivity index (χ0n) is 16.0. The van der Waals surface area contributed by atoms with E-state index >= 15 is 0 Å². The Kier molecular flexibility index (Phi) is 7.26. The molecule has 0 fully saturated rings. The Balaban J connectivity index is 2.61. The van der Waals surface area contributed by atoms with Crippen molar-refractivity contribution in [1.82, 2.24) is 0 Å². The van der Waals surface area contributed by atoms with Crippen molar-refractivity contribution in [3.05, 3.63) is 58.1 Å². The molecule has 1 unspecified atom stereocenters.